The maximum atomic E-state index is 14.7. The summed E-state index contributed by atoms with van der Waals surface area (Å²) >= 11 is 0. The Hall–Kier alpha value is -3.68. The highest BCUT2D eigenvalue weighted by atomic mass is 19.2. The van der Waals surface area contributed by atoms with Crippen LogP contribution in [0, 0.1) is 23.3 Å². The number of ether oxygens (including phenoxy) is 2. The Balaban J connectivity index is 1.77. The molecule has 0 aromatic heterocycles. The molecule has 0 atom stereocenters. The summed E-state index contributed by atoms with van der Waals surface area (Å²) in [5, 5.41) is 0. The Morgan fingerprint density at radius 2 is 1.10 bits per heavy atom. The molecule has 0 aliphatic rings. The summed E-state index contributed by atoms with van der Waals surface area (Å²) in [5.41, 5.74) is -1.03. The lowest BCUT2D eigenvalue weighted by Gasteiger charge is -2.23. The smallest absolute Gasteiger partial charge is 0.349 e. The van der Waals surface area contributed by atoms with Crippen molar-refractivity contribution in [2.45, 2.75) is 71.8 Å². The van der Waals surface area contributed by atoms with Gasteiger partial charge < -0.3 is 9.47 Å². The number of esters is 2. The summed E-state index contributed by atoms with van der Waals surface area (Å²) in [5.74, 6) is -11.5. The molecule has 0 heterocycles. The third kappa shape index (κ3) is 6.67. The molecule has 0 aliphatic heterocycles. The molecule has 0 saturated heterocycles. The Bertz CT molecular complexity index is 1330. The highest BCUT2D eigenvalue weighted by molar-refractivity contribution is 5.95. The molecule has 3 aromatic rings. The van der Waals surface area contributed by atoms with E-state index >= 15 is 0 Å². The van der Waals surface area contributed by atoms with Crippen molar-refractivity contribution in [3.8, 4) is 5.75 Å². The minimum absolute atomic E-state index is 0.0738. The molecule has 0 amide bonds. The van der Waals surface area contributed by atoms with E-state index in [0.29, 0.717) is 6.42 Å². The van der Waals surface area contributed by atoms with E-state index in [1.807, 2.05) is 12.1 Å². The Kier molecular flexibility index (Phi) is 8.88. The summed E-state index contributed by atoms with van der Waals surface area (Å²) in [6, 6.07) is 14.4. The first-order valence-electron chi connectivity index (χ1n) is 12.7. The van der Waals surface area contributed by atoms with Crippen LogP contribution in [0.25, 0.3) is 0 Å². The van der Waals surface area contributed by atoms with Gasteiger partial charge in [-0.1, -0.05) is 64.1 Å². The van der Waals surface area contributed by atoms with Gasteiger partial charge in [0.2, 0.25) is 0 Å². The first kappa shape index (κ1) is 29.9. The van der Waals surface area contributed by atoms with Gasteiger partial charge in [-0.15, -0.1) is 0 Å². The minimum Gasteiger partial charge on any atom is -0.456 e. The zero-order valence-corrected chi connectivity index (χ0v) is 22.9. The van der Waals surface area contributed by atoms with Crippen LogP contribution in [-0.4, -0.2) is 17.5 Å². The van der Waals surface area contributed by atoms with Gasteiger partial charge in [0, 0.05) is 0 Å². The lowest BCUT2D eigenvalue weighted by molar-refractivity contribution is -0.00368. The molecule has 39 heavy (non-hydrogen) atoms. The van der Waals surface area contributed by atoms with E-state index in [1.54, 1.807) is 19.1 Å². The van der Waals surface area contributed by atoms with Gasteiger partial charge in [-0.3, -0.25) is 0 Å². The molecule has 0 N–H and O–H groups in total. The highest BCUT2D eigenvalue weighted by Gasteiger charge is 2.35. The molecule has 0 fully saturated rings. The second-order valence-corrected chi connectivity index (χ2v) is 10.7. The molecule has 0 bridgehead atoms. The lowest BCUT2D eigenvalue weighted by atomic mass is 9.82. The van der Waals surface area contributed by atoms with Crippen LogP contribution in [0.1, 0.15) is 91.8 Å². The fraction of sp³-hybridized carbons (Fsp3) is 0.355. The summed E-state index contributed by atoms with van der Waals surface area (Å²) in [6.45, 7) is 11.1. The van der Waals surface area contributed by atoms with E-state index in [2.05, 4.69) is 32.9 Å². The first-order chi connectivity index (χ1) is 18.2. The Labute approximate surface area is 226 Å². The fourth-order valence-electron chi connectivity index (χ4n) is 3.71. The predicted octanol–water partition coefficient (Wildman–Crippen LogP) is 8.09. The van der Waals surface area contributed by atoms with Crippen molar-refractivity contribution in [3.05, 3.63) is 99.6 Å². The van der Waals surface area contributed by atoms with Gasteiger partial charge in [0.15, 0.2) is 23.3 Å². The average Bonchev–Trinajstić information content (AvgIpc) is 2.89. The number of carbonyl (C=O) groups is 2. The molecule has 3 aromatic carbocycles. The van der Waals surface area contributed by atoms with E-state index in [-0.39, 0.29) is 17.6 Å². The van der Waals surface area contributed by atoms with Gasteiger partial charge in [-0.25, -0.2) is 27.2 Å². The van der Waals surface area contributed by atoms with Crippen molar-refractivity contribution in [2.24, 2.45) is 0 Å². The van der Waals surface area contributed by atoms with Gasteiger partial charge in [0.25, 0.3) is 0 Å². The van der Waals surface area contributed by atoms with Crippen LogP contribution >= 0.6 is 0 Å². The second-order valence-electron chi connectivity index (χ2n) is 10.7. The van der Waals surface area contributed by atoms with Crippen molar-refractivity contribution in [1.29, 1.82) is 0 Å². The maximum absolute atomic E-state index is 14.7. The van der Waals surface area contributed by atoms with Gasteiger partial charge >= 0.3 is 11.9 Å². The first-order valence-corrected chi connectivity index (χ1v) is 12.7. The van der Waals surface area contributed by atoms with Crippen LogP contribution in [0.15, 0.2) is 48.5 Å². The zero-order chi connectivity index (χ0) is 29.1. The largest absolute Gasteiger partial charge is 0.456 e. The quantitative estimate of drug-likeness (QED) is 0.118. The van der Waals surface area contributed by atoms with E-state index in [4.69, 9.17) is 9.47 Å². The second kappa shape index (κ2) is 11.6. The van der Waals surface area contributed by atoms with Crippen LogP contribution < -0.4 is 4.74 Å². The maximum Gasteiger partial charge on any atom is 0.349 e. The normalized spacial score (nSPS) is 11.8. The average molecular weight is 545 g/mol. The SMILES string of the molecule is CCC(C)(C)OC(=O)c1c(F)c(F)c(C(=O)Oc2ccc(Cc3ccc(C(C)(C)CC)cc3)cc2)c(F)c1F. The van der Waals surface area contributed by atoms with Crippen LogP contribution in [0.4, 0.5) is 17.6 Å². The van der Waals surface area contributed by atoms with Gasteiger partial charge in [-0.05, 0) is 67.3 Å². The summed E-state index contributed by atoms with van der Waals surface area (Å²) in [4.78, 5) is 24.7. The minimum atomic E-state index is -2.05. The molecular weight excluding hydrogens is 512 g/mol. The van der Waals surface area contributed by atoms with Crippen molar-refractivity contribution in [1.82, 2.24) is 0 Å². The predicted molar refractivity (Wildman–Crippen MR) is 140 cm³/mol. The Morgan fingerprint density at radius 3 is 1.54 bits per heavy atom. The van der Waals surface area contributed by atoms with Gasteiger partial charge in [-0.2, -0.15) is 0 Å². The summed E-state index contributed by atoms with van der Waals surface area (Å²) < 4.78 is 68.5. The molecule has 3 rings (SSSR count). The molecular formula is C31H32F4O4. The molecule has 0 radical (unpaired) electrons. The van der Waals surface area contributed by atoms with Crippen LogP contribution in [-0.2, 0) is 16.6 Å². The van der Waals surface area contributed by atoms with Gasteiger partial charge in [0.05, 0.1) is 0 Å². The molecule has 0 unspecified atom stereocenters. The molecule has 208 valence electrons. The number of benzene rings is 3. The van der Waals surface area contributed by atoms with Crippen molar-refractivity contribution in [2.75, 3.05) is 0 Å². The molecule has 4 nitrogen and oxygen atoms in total. The number of rotatable bonds is 9. The van der Waals surface area contributed by atoms with E-state index in [0.717, 1.165) is 17.5 Å². The molecule has 0 aliphatic carbocycles. The molecule has 0 saturated carbocycles. The third-order valence-corrected chi connectivity index (χ3v) is 7.05. The van der Waals surface area contributed by atoms with E-state index in [1.165, 1.54) is 31.5 Å². The molecule has 8 heteroatoms. The Morgan fingerprint density at radius 1 is 0.667 bits per heavy atom. The summed E-state index contributed by atoms with van der Waals surface area (Å²) in [6.07, 6.45) is 1.88. The number of carbonyl (C=O) groups excluding carboxylic acids is 2. The zero-order valence-electron chi connectivity index (χ0n) is 22.9. The molecule has 0 spiro atoms. The van der Waals surface area contributed by atoms with Crippen LogP contribution in [0.3, 0.4) is 0 Å². The van der Waals surface area contributed by atoms with Crippen molar-refractivity contribution in [3.63, 3.8) is 0 Å². The third-order valence-electron chi connectivity index (χ3n) is 7.05. The summed E-state index contributed by atoms with van der Waals surface area (Å²) in [7, 11) is 0. The van der Waals surface area contributed by atoms with Gasteiger partial charge in [0.1, 0.15) is 22.5 Å². The van der Waals surface area contributed by atoms with Crippen LogP contribution in [0.2, 0.25) is 0 Å². The standard InChI is InChI=1S/C31H32F4O4/c1-7-30(3,4)20-13-9-18(10-14-20)17-19-11-15-21(16-12-19)38-28(36)22-24(32)26(34)23(27(35)25(22)33)29(37)39-31(5,6)8-2/h9-16H,7-8,17H2,1-6H3. The lowest BCUT2D eigenvalue weighted by Crippen LogP contribution is -2.29. The van der Waals surface area contributed by atoms with E-state index in [9.17, 15) is 27.2 Å². The number of hydrogen-bond donors (Lipinski definition) is 0. The number of hydrogen-bond acceptors (Lipinski definition) is 4. The monoisotopic (exact) mass is 544 g/mol. The van der Waals surface area contributed by atoms with Crippen LogP contribution in [0.5, 0.6) is 5.75 Å². The fourth-order valence-corrected chi connectivity index (χ4v) is 3.71. The number of halogens is 4. The van der Waals surface area contributed by atoms with Crippen molar-refractivity contribution < 1.29 is 36.6 Å². The highest BCUT2D eigenvalue weighted by Crippen LogP contribution is 2.29. The van der Waals surface area contributed by atoms with Crippen molar-refractivity contribution >= 4 is 11.9 Å². The van der Waals surface area contributed by atoms with E-state index < -0.39 is 51.9 Å². The topological polar surface area (TPSA) is 52.6 Å².